The number of oxazole rings is 1. The van der Waals surface area contributed by atoms with Crippen molar-refractivity contribution in [2.24, 2.45) is 0 Å². The number of carboxylic acids is 1. The van der Waals surface area contributed by atoms with Crippen LogP contribution in [0.2, 0.25) is 5.02 Å². The minimum absolute atomic E-state index is 0.285. The largest absolute Gasteiger partial charge is 0.481 e. The average Bonchev–Trinajstić information content (AvgIpc) is 2.82. The van der Waals surface area contributed by atoms with Gasteiger partial charge in [0.25, 0.3) is 6.01 Å². The predicted molar refractivity (Wildman–Crippen MR) is 72.5 cm³/mol. The zero-order valence-corrected chi connectivity index (χ0v) is 11.2. The smallest absolute Gasteiger partial charge is 0.314 e. The van der Waals surface area contributed by atoms with Gasteiger partial charge in [-0.2, -0.15) is 4.98 Å². The second kappa shape index (κ2) is 5.32. The lowest BCUT2D eigenvalue weighted by Gasteiger charge is -2.05. The number of halogens is 1. The molecule has 0 fully saturated rings. The Hall–Kier alpha value is -2.01. The molecule has 0 amide bonds. The molecule has 1 atom stereocenters. The molecule has 0 bridgehead atoms. The van der Waals surface area contributed by atoms with Crippen LogP contribution >= 0.6 is 11.6 Å². The lowest BCUT2D eigenvalue weighted by Crippen LogP contribution is -2.07. The van der Waals surface area contributed by atoms with E-state index in [1.807, 2.05) is 0 Å². The summed E-state index contributed by atoms with van der Waals surface area (Å²) in [5.41, 5.74) is 1.27. The summed E-state index contributed by atoms with van der Waals surface area (Å²) in [4.78, 5) is 15.4. The van der Waals surface area contributed by atoms with E-state index in [1.165, 1.54) is 0 Å². The topological polar surface area (TPSA) is 75.4 Å². The van der Waals surface area contributed by atoms with Gasteiger partial charge >= 0.3 is 5.97 Å². The number of anilines is 1. The van der Waals surface area contributed by atoms with Crippen molar-refractivity contribution in [3.8, 4) is 11.3 Å². The van der Waals surface area contributed by atoms with Gasteiger partial charge in [0.15, 0.2) is 0 Å². The van der Waals surface area contributed by atoms with E-state index < -0.39 is 11.9 Å². The summed E-state index contributed by atoms with van der Waals surface area (Å²) in [5.74, 6) is -1.42. The lowest BCUT2D eigenvalue weighted by molar-refractivity contribution is -0.138. The van der Waals surface area contributed by atoms with E-state index in [9.17, 15) is 4.79 Å². The molecule has 1 aromatic carbocycles. The molecule has 0 spiro atoms. The van der Waals surface area contributed by atoms with Gasteiger partial charge in [-0.15, -0.1) is 0 Å². The number of nitrogens with one attached hydrogen (secondary N) is 1. The van der Waals surface area contributed by atoms with Crippen LogP contribution in [0.4, 0.5) is 6.01 Å². The zero-order valence-electron chi connectivity index (χ0n) is 10.5. The Balaban J connectivity index is 2.52. The van der Waals surface area contributed by atoms with Crippen LogP contribution in [0.25, 0.3) is 11.3 Å². The molecule has 2 aromatic rings. The lowest BCUT2D eigenvalue weighted by atomic mass is 10.0. The first-order chi connectivity index (χ1) is 9.02. The van der Waals surface area contributed by atoms with E-state index in [4.69, 9.17) is 21.1 Å². The van der Waals surface area contributed by atoms with Crippen molar-refractivity contribution < 1.29 is 14.3 Å². The molecule has 0 saturated carbocycles. The van der Waals surface area contributed by atoms with Crippen LogP contribution in [0, 0.1) is 0 Å². The second-order valence-corrected chi connectivity index (χ2v) is 4.49. The molecule has 2 N–H and O–H groups in total. The third kappa shape index (κ3) is 2.71. The van der Waals surface area contributed by atoms with Crippen molar-refractivity contribution in [1.82, 2.24) is 4.98 Å². The van der Waals surface area contributed by atoms with Gasteiger partial charge in [-0.1, -0.05) is 23.7 Å². The first-order valence-corrected chi connectivity index (χ1v) is 6.08. The van der Waals surface area contributed by atoms with Crippen LogP contribution in [0.15, 0.2) is 28.7 Å². The van der Waals surface area contributed by atoms with Crippen LogP contribution in [0.1, 0.15) is 18.6 Å². The fourth-order valence-electron chi connectivity index (χ4n) is 1.66. The summed E-state index contributed by atoms with van der Waals surface area (Å²) in [6.45, 7) is 1.56. The van der Waals surface area contributed by atoms with E-state index in [1.54, 1.807) is 38.2 Å². The fourth-order valence-corrected chi connectivity index (χ4v) is 1.79. The van der Waals surface area contributed by atoms with Crippen LogP contribution < -0.4 is 5.32 Å². The molecule has 1 aromatic heterocycles. The highest BCUT2D eigenvalue weighted by molar-refractivity contribution is 6.30. The van der Waals surface area contributed by atoms with Crippen LogP contribution in [-0.4, -0.2) is 23.1 Å². The quantitative estimate of drug-likeness (QED) is 0.899. The van der Waals surface area contributed by atoms with Crippen LogP contribution in [-0.2, 0) is 4.79 Å². The highest BCUT2D eigenvalue weighted by Gasteiger charge is 2.25. The molecule has 5 nitrogen and oxygen atoms in total. The number of carboxylic acid groups (broad SMARTS) is 1. The maximum atomic E-state index is 11.1. The molecule has 6 heteroatoms. The maximum absolute atomic E-state index is 11.1. The number of nitrogens with zero attached hydrogens (tertiary/aromatic N) is 1. The molecule has 0 aliphatic carbocycles. The Kier molecular flexibility index (Phi) is 3.76. The van der Waals surface area contributed by atoms with Gasteiger partial charge in [0.1, 0.15) is 17.4 Å². The minimum atomic E-state index is -0.964. The number of benzene rings is 1. The van der Waals surface area contributed by atoms with Crippen molar-refractivity contribution in [1.29, 1.82) is 0 Å². The molecule has 0 aliphatic rings. The predicted octanol–water partition coefficient (Wildman–Crippen LogP) is 3.22. The molecular weight excluding hydrogens is 268 g/mol. The summed E-state index contributed by atoms with van der Waals surface area (Å²) in [6, 6.07) is 7.28. The number of rotatable bonds is 4. The number of aromatic nitrogens is 1. The van der Waals surface area contributed by atoms with Crippen molar-refractivity contribution in [2.45, 2.75) is 12.8 Å². The van der Waals surface area contributed by atoms with Crippen LogP contribution in [0.5, 0.6) is 0 Å². The zero-order chi connectivity index (χ0) is 14.0. The molecule has 0 saturated heterocycles. The third-order valence-electron chi connectivity index (χ3n) is 2.75. The van der Waals surface area contributed by atoms with Gasteiger partial charge in [-0.05, 0) is 19.1 Å². The van der Waals surface area contributed by atoms with E-state index >= 15 is 0 Å². The van der Waals surface area contributed by atoms with E-state index in [2.05, 4.69) is 10.3 Å². The van der Waals surface area contributed by atoms with Crippen molar-refractivity contribution in [3.05, 3.63) is 35.0 Å². The normalized spacial score (nSPS) is 12.2. The van der Waals surface area contributed by atoms with Gasteiger partial charge in [-0.3, -0.25) is 4.79 Å². The van der Waals surface area contributed by atoms with E-state index in [0.717, 1.165) is 5.56 Å². The molecule has 0 aliphatic heterocycles. The molecule has 1 heterocycles. The highest BCUT2D eigenvalue weighted by atomic mass is 35.5. The molecule has 2 rings (SSSR count). The Labute approximate surface area is 115 Å². The first-order valence-electron chi connectivity index (χ1n) is 5.70. The summed E-state index contributed by atoms with van der Waals surface area (Å²) in [6.07, 6.45) is 0. The highest BCUT2D eigenvalue weighted by Crippen LogP contribution is 2.32. The molecule has 1 unspecified atom stereocenters. The molecule has 100 valence electrons. The van der Waals surface area contributed by atoms with Gasteiger partial charge in [0.05, 0.1) is 0 Å². The average molecular weight is 281 g/mol. The Morgan fingerprint density at radius 3 is 2.58 bits per heavy atom. The first kappa shape index (κ1) is 13.4. The molecule has 19 heavy (non-hydrogen) atoms. The molecular formula is C13H13ClN2O3. The third-order valence-corrected chi connectivity index (χ3v) is 3.00. The monoisotopic (exact) mass is 280 g/mol. The number of aliphatic carboxylic acids is 1. The standard InChI is InChI=1S/C13H13ClN2O3/c1-7(12(17)18)11-10(16-13(15-2)19-11)8-3-5-9(14)6-4-8/h3-7H,1-2H3,(H,15,16)(H,17,18). The van der Waals surface area contributed by atoms with Crippen molar-refractivity contribution in [2.75, 3.05) is 12.4 Å². The second-order valence-electron chi connectivity index (χ2n) is 4.05. The van der Waals surface area contributed by atoms with Gasteiger partial charge in [0.2, 0.25) is 0 Å². The Morgan fingerprint density at radius 2 is 2.05 bits per heavy atom. The fraction of sp³-hybridized carbons (Fsp3) is 0.231. The summed E-state index contributed by atoms with van der Waals surface area (Å²) in [5, 5.41) is 12.5. The summed E-state index contributed by atoms with van der Waals surface area (Å²) >= 11 is 5.83. The summed E-state index contributed by atoms with van der Waals surface area (Å²) in [7, 11) is 1.66. The van der Waals surface area contributed by atoms with Gasteiger partial charge in [-0.25, -0.2) is 0 Å². The maximum Gasteiger partial charge on any atom is 0.314 e. The SMILES string of the molecule is CNc1nc(-c2ccc(Cl)cc2)c(C(C)C(=O)O)o1. The van der Waals surface area contributed by atoms with E-state index in [0.29, 0.717) is 16.5 Å². The van der Waals surface area contributed by atoms with E-state index in [-0.39, 0.29) is 6.01 Å². The van der Waals surface area contributed by atoms with Crippen molar-refractivity contribution >= 4 is 23.6 Å². The number of hydrogen-bond donors (Lipinski definition) is 2. The Morgan fingerprint density at radius 1 is 1.42 bits per heavy atom. The molecule has 0 radical (unpaired) electrons. The van der Waals surface area contributed by atoms with Crippen molar-refractivity contribution in [3.63, 3.8) is 0 Å². The Bertz CT molecular complexity index is 592. The van der Waals surface area contributed by atoms with Gasteiger partial charge in [0, 0.05) is 17.6 Å². The number of hydrogen-bond acceptors (Lipinski definition) is 4. The minimum Gasteiger partial charge on any atom is -0.481 e. The summed E-state index contributed by atoms with van der Waals surface area (Å²) < 4.78 is 5.44. The van der Waals surface area contributed by atoms with Crippen LogP contribution in [0.3, 0.4) is 0 Å². The number of carbonyl (C=O) groups is 1. The van der Waals surface area contributed by atoms with Gasteiger partial charge < -0.3 is 14.8 Å².